The molecule has 0 radical (unpaired) electrons. The molecule has 110 valence electrons. The first-order chi connectivity index (χ1) is 8.66. The normalized spacial score (nSPS) is 11.1. The zero-order valence-corrected chi connectivity index (χ0v) is 13.8. The van der Waals surface area contributed by atoms with Gasteiger partial charge >= 0.3 is 0 Å². The van der Waals surface area contributed by atoms with E-state index < -0.39 is 6.04 Å². The van der Waals surface area contributed by atoms with E-state index in [1.54, 1.807) is 12.5 Å². The van der Waals surface area contributed by atoms with Crippen LogP contribution in [0.2, 0.25) is 0 Å². The number of nitrogens with one attached hydrogen (secondary N) is 1. The van der Waals surface area contributed by atoms with Crippen LogP contribution in [0.3, 0.4) is 0 Å². The van der Waals surface area contributed by atoms with Crippen LogP contribution in [0, 0.1) is 0 Å². The van der Waals surface area contributed by atoms with Crippen LogP contribution < -0.4 is 5.73 Å². The summed E-state index contributed by atoms with van der Waals surface area (Å²) in [6.45, 7) is 0. The number of ketones is 1. The number of imidazole rings is 1. The second kappa shape index (κ2) is 9.13. The van der Waals surface area contributed by atoms with E-state index in [0.29, 0.717) is 12.8 Å². The molecule has 4 nitrogen and oxygen atoms in total. The van der Waals surface area contributed by atoms with Crippen molar-refractivity contribution in [2.24, 2.45) is 5.73 Å². The first-order valence-electron chi connectivity index (χ1n) is 5.66. The minimum absolute atomic E-state index is 0. The van der Waals surface area contributed by atoms with Crippen molar-refractivity contribution in [1.29, 1.82) is 0 Å². The monoisotopic (exact) mass is 379 g/mol. The van der Waals surface area contributed by atoms with E-state index in [1.165, 1.54) is 0 Å². The van der Waals surface area contributed by atoms with Gasteiger partial charge in [0.1, 0.15) is 0 Å². The van der Waals surface area contributed by atoms with Crippen molar-refractivity contribution in [2.75, 3.05) is 0 Å². The summed E-state index contributed by atoms with van der Waals surface area (Å²) in [5.74, 6) is 0.0245. The predicted octanol–water partition coefficient (Wildman–Crippen LogP) is 2.70. The van der Waals surface area contributed by atoms with Crippen LogP contribution in [-0.2, 0) is 17.6 Å². The Morgan fingerprint density at radius 3 is 2.65 bits per heavy atom. The number of aromatic amines is 1. The second-order valence-electron chi connectivity index (χ2n) is 4.12. The molecule has 0 aliphatic heterocycles. The van der Waals surface area contributed by atoms with Gasteiger partial charge in [0, 0.05) is 29.2 Å². The maximum atomic E-state index is 12.0. The van der Waals surface area contributed by atoms with Gasteiger partial charge in [-0.05, 0) is 11.6 Å². The smallest absolute Gasteiger partial charge is 0.154 e. The summed E-state index contributed by atoms with van der Waals surface area (Å²) in [6, 6.07) is 7.17. The fourth-order valence-electron chi connectivity index (χ4n) is 1.71. The number of halogens is 3. The molecule has 3 N–H and O–H groups in total. The molecule has 0 saturated heterocycles. The highest BCUT2D eigenvalue weighted by Crippen LogP contribution is 2.17. The molecular weight excluding hydrogens is 365 g/mol. The lowest BCUT2D eigenvalue weighted by molar-refractivity contribution is -0.119. The number of hydrogen-bond acceptors (Lipinski definition) is 3. The number of H-pyrrole nitrogens is 1. The van der Waals surface area contributed by atoms with Gasteiger partial charge in [-0.2, -0.15) is 0 Å². The lowest BCUT2D eigenvalue weighted by atomic mass is 10.0. The van der Waals surface area contributed by atoms with Gasteiger partial charge in [0.05, 0.1) is 12.4 Å². The highest BCUT2D eigenvalue weighted by molar-refractivity contribution is 9.10. The number of Topliss-reactive ketones (excluding diaryl/α,β-unsaturated/α-hetero) is 1. The second-order valence-corrected chi connectivity index (χ2v) is 4.98. The van der Waals surface area contributed by atoms with Gasteiger partial charge in [-0.15, -0.1) is 24.8 Å². The Hall–Kier alpha value is -0.880. The summed E-state index contributed by atoms with van der Waals surface area (Å²) in [6.07, 6.45) is 4.10. The standard InChI is InChI=1S/C13H14BrN3O.2ClH/c14-11-4-2-1-3-9(11)5-13(18)12(15)6-10-7-16-8-17-10;;/h1-4,7-8,12H,5-6,15H2,(H,16,17);2*1H/t12-;;/m0../s1. The molecule has 20 heavy (non-hydrogen) atoms. The first-order valence-corrected chi connectivity index (χ1v) is 6.45. The topological polar surface area (TPSA) is 71.8 Å². The number of nitrogens with zero attached hydrogens (tertiary/aromatic N) is 1. The molecule has 2 aromatic rings. The molecule has 0 fully saturated rings. The SMILES string of the molecule is Cl.Cl.N[C@@H](Cc1cnc[nH]1)C(=O)Cc1ccccc1Br. The van der Waals surface area contributed by atoms with E-state index in [9.17, 15) is 4.79 Å². The van der Waals surface area contributed by atoms with Crippen LogP contribution in [0.4, 0.5) is 0 Å². The Labute approximate surface area is 138 Å². The van der Waals surface area contributed by atoms with Crippen LogP contribution in [0.25, 0.3) is 0 Å². The van der Waals surface area contributed by atoms with Crippen LogP contribution in [-0.4, -0.2) is 21.8 Å². The minimum atomic E-state index is -0.502. The quantitative estimate of drug-likeness (QED) is 0.837. The van der Waals surface area contributed by atoms with Crippen molar-refractivity contribution >= 4 is 46.5 Å². The number of aromatic nitrogens is 2. The van der Waals surface area contributed by atoms with Gasteiger partial charge < -0.3 is 10.7 Å². The number of rotatable bonds is 5. The summed E-state index contributed by atoms with van der Waals surface area (Å²) in [4.78, 5) is 18.9. The molecule has 0 bridgehead atoms. The van der Waals surface area contributed by atoms with Crippen LogP contribution >= 0.6 is 40.7 Å². The Kier molecular flexibility index (Phi) is 8.73. The zero-order chi connectivity index (χ0) is 13.0. The molecule has 1 aromatic heterocycles. The van der Waals surface area contributed by atoms with E-state index in [2.05, 4.69) is 25.9 Å². The number of carbonyl (C=O) groups is 1. The van der Waals surface area contributed by atoms with Crippen LogP contribution in [0.1, 0.15) is 11.3 Å². The van der Waals surface area contributed by atoms with Gasteiger partial charge in [0.2, 0.25) is 0 Å². The molecule has 0 spiro atoms. The molecule has 7 heteroatoms. The van der Waals surface area contributed by atoms with Crippen molar-refractivity contribution in [2.45, 2.75) is 18.9 Å². The van der Waals surface area contributed by atoms with Crippen LogP contribution in [0.5, 0.6) is 0 Å². The average molecular weight is 381 g/mol. The van der Waals surface area contributed by atoms with Crippen molar-refractivity contribution in [3.05, 3.63) is 52.5 Å². The lowest BCUT2D eigenvalue weighted by Gasteiger charge is -2.10. The summed E-state index contributed by atoms with van der Waals surface area (Å²) in [7, 11) is 0. The van der Waals surface area contributed by atoms with Crippen molar-refractivity contribution in [3.63, 3.8) is 0 Å². The lowest BCUT2D eigenvalue weighted by Crippen LogP contribution is -2.34. The average Bonchev–Trinajstić information content (AvgIpc) is 2.84. The van der Waals surface area contributed by atoms with Crippen molar-refractivity contribution in [1.82, 2.24) is 9.97 Å². The number of nitrogens with two attached hydrogens (primary N) is 1. The molecule has 1 aromatic carbocycles. The molecule has 2 rings (SSSR count). The maximum Gasteiger partial charge on any atom is 0.154 e. The molecule has 0 unspecified atom stereocenters. The van der Waals surface area contributed by atoms with Gasteiger partial charge in [-0.3, -0.25) is 4.79 Å². The molecule has 0 saturated carbocycles. The maximum absolute atomic E-state index is 12.0. The third-order valence-electron chi connectivity index (χ3n) is 2.73. The first kappa shape index (κ1) is 19.1. The number of carbonyl (C=O) groups excluding carboxylic acids is 1. The third kappa shape index (κ3) is 5.25. The minimum Gasteiger partial charge on any atom is -0.348 e. The summed E-state index contributed by atoms with van der Waals surface area (Å²) >= 11 is 3.43. The van der Waals surface area contributed by atoms with Crippen LogP contribution in [0.15, 0.2) is 41.3 Å². The molecule has 1 heterocycles. The number of benzene rings is 1. The Balaban J connectivity index is 0.00000180. The molecule has 0 aliphatic rings. The van der Waals surface area contributed by atoms with Gasteiger partial charge in [-0.25, -0.2) is 4.98 Å². The Bertz CT molecular complexity index is 534. The largest absolute Gasteiger partial charge is 0.348 e. The highest BCUT2D eigenvalue weighted by atomic mass is 79.9. The Morgan fingerprint density at radius 1 is 1.35 bits per heavy atom. The fourth-order valence-corrected chi connectivity index (χ4v) is 2.13. The summed E-state index contributed by atoms with van der Waals surface area (Å²) in [5.41, 5.74) is 7.73. The van der Waals surface area contributed by atoms with Gasteiger partial charge in [0.15, 0.2) is 5.78 Å². The van der Waals surface area contributed by atoms with E-state index in [1.807, 2.05) is 24.3 Å². The van der Waals surface area contributed by atoms with E-state index >= 15 is 0 Å². The molecule has 0 aliphatic carbocycles. The highest BCUT2D eigenvalue weighted by Gasteiger charge is 2.16. The van der Waals surface area contributed by atoms with Gasteiger partial charge in [0.25, 0.3) is 0 Å². The molecule has 1 atom stereocenters. The van der Waals surface area contributed by atoms with Crippen molar-refractivity contribution < 1.29 is 4.79 Å². The van der Waals surface area contributed by atoms with E-state index in [-0.39, 0.29) is 30.6 Å². The fraction of sp³-hybridized carbons (Fsp3) is 0.231. The Morgan fingerprint density at radius 2 is 2.05 bits per heavy atom. The predicted molar refractivity (Wildman–Crippen MR) is 87.6 cm³/mol. The zero-order valence-electron chi connectivity index (χ0n) is 10.6. The third-order valence-corrected chi connectivity index (χ3v) is 3.50. The van der Waals surface area contributed by atoms with Gasteiger partial charge in [-0.1, -0.05) is 34.1 Å². The summed E-state index contributed by atoms with van der Waals surface area (Å²) < 4.78 is 0.937. The molecular formula is C13H16BrCl2N3O. The number of hydrogen-bond donors (Lipinski definition) is 2. The summed E-state index contributed by atoms with van der Waals surface area (Å²) in [5, 5.41) is 0. The van der Waals surface area contributed by atoms with E-state index in [0.717, 1.165) is 15.7 Å². The van der Waals surface area contributed by atoms with E-state index in [4.69, 9.17) is 5.73 Å². The van der Waals surface area contributed by atoms with Crippen molar-refractivity contribution in [3.8, 4) is 0 Å². The molecule has 0 amide bonds.